The molecule has 0 aliphatic carbocycles. The summed E-state index contributed by atoms with van der Waals surface area (Å²) in [5, 5.41) is 9.28. The minimum Gasteiger partial charge on any atom is -0.396 e. The normalized spacial score (nSPS) is 14.0. The lowest BCUT2D eigenvalue weighted by atomic mass is 9.82. The lowest BCUT2D eigenvalue weighted by molar-refractivity contribution is 0.132. The molecule has 2 nitrogen and oxygen atoms in total. The summed E-state index contributed by atoms with van der Waals surface area (Å²) in [5.41, 5.74) is 6.82. The van der Waals surface area contributed by atoms with E-state index in [2.05, 4.69) is 31.9 Å². The Bertz CT molecular complexity index is 352. The summed E-state index contributed by atoms with van der Waals surface area (Å²) >= 11 is 6.88. The zero-order chi connectivity index (χ0) is 11.6. The Hall–Kier alpha value is 0.1000. The Morgan fingerprint density at radius 1 is 1.40 bits per heavy atom. The van der Waals surface area contributed by atoms with Crippen LogP contribution in [0.2, 0.25) is 0 Å². The first-order chi connectivity index (χ1) is 6.88. The van der Waals surface area contributed by atoms with E-state index in [1.54, 1.807) is 0 Å². The van der Waals surface area contributed by atoms with Crippen LogP contribution in [-0.2, 0) is 0 Å². The highest BCUT2D eigenvalue weighted by atomic mass is 79.9. The van der Waals surface area contributed by atoms with Gasteiger partial charge in [0.15, 0.2) is 0 Å². The number of halogens is 2. The standard InChI is InChI=1S/C11H15Br2NO/c1-11(2,6-15)10(14)8-5-7(12)3-4-9(8)13/h3-5,10,15H,6,14H2,1-2H3/t10-/m1/s1. The predicted octanol–water partition coefficient (Wildman–Crippen LogP) is 3.23. The van der Waals surface area contributed by atoms with E-state index in [0.29, 0.717) is 0 Å². The van der Waals surface area contributed by atoms with Crippen LogP contribution in [0.25, 0.3) is 0 Å². The van der Waals surface area contributed by atoms with Gasteiger partial charge < -0.3 is 10.8 Å². The molecular weight excluding hydrogens is 322 g/mol. The fraction of sp³-hybridized carbons (Fsp3) is 0.455. The van der Waals surface area contributed by atoms with Crippen molar-refractivity contribution >= 4 is 31.9 Å². The molecule has 3 N–H and O–H groups in total. The summed E-state index contributed by atoms with van der Waals surface area (Å²) < 4.78 is 1.96. The second-order valence-corrected chi connectivity index (χ2v) is 6.06. The molecule has 0 heterocycles. The van der Waals surface area contributed by atoms with Crippen molar-refractivity contribution < 1.29 is 5.11 Å². The summed E-state index contributed by atoms with van der Waals surface area (Å²) in [5.74, 6) is 0. The summed E-state index contributed by atoms with van der Waals surface area (Å²) in [4.78, 5) is 0. The maximum absolute atomic E-state index is 9.28. The average molecular weight is 337 g/mol. The molecular formula is C11H15Br2NO. The van der Waals surface area contributed by atoms with Gasteiger partial charge in [0, 0.05) is 27.0 Å². The highest BCUT2D eigenvalue weighted by Gasteiger charge is 2.28. The highest BCUT2D eigenvalue weighted by molar-refractivity contribution is 9.11. The van der Waals surface area contributed by atoms with Crippen molar-refractivity contribution in [1.82, 2.24) is 0 Å². The van der Waals surface area contributed by atoms with Gasteiger partial charge in [0.05, 0.1) is 0 Å². The lowest BCUT2D eigenvalue weighted by Crippen LogP contribution is -2.32. The number of rotatable bonds is 3. The smallest absolute Gasteiger partial charge is 0.0500 e. The van der Waals surface area contributed by atoms with Gasteiger partial charge in [0.2, 0.25) is 0 Å². The fourth-order valence-electron chi connectivity index (χ4n) is 1.27. The monoisotopic (exact) mass is 335 g/mol. The molecule has 1 aromatic carbocycles. The first-order valence-corrected chi connectivity index (χ1v) is 6.28. The number of benzene rings is 1. The van der Waals surface area contributed by atoms with Gasteiger partial charge in [-0.2, -0.15) is 0 Å². The lowest BCUT2D eigenvalue weighted by Gasteiger charge is -2.30. The third kappa shape index (κ3) is 3.03. The van der Waals surface area contributed by atoms with Gasteiger partial charge in [0.1, 0.15) is 0 Å². The molecule has 84 valence electrons. The van der Waals surface area contributed by atoms with E-state index in [4.69, 9.17) is 5.73 Å². The maximum atomic E-state index is 9.28. The Balaban J connectivity index is 3.10. The van der Waals surface area contributed by atoms with Crippen LogP contribution in [0.4, 0.5) is 0 Å². The Kier molecular flexibility index (Phi) is 4.35. The maximum Gasteiger partial charge on any atom is 0.0500 e. The van der Waals surface area contributed by atoms with Crippen LogP contribution in [-0.4, -0.2) is 11.7 Å². The zero-order valence-corrected chi connectivity index (χ0v) is 12.0. The molecule has 0 saturated carbocycles. The third-order valence-electron chi connectivity index (χ3n) is 2.54. The predicted molar refractivity (Wildman–Crippen MR) is 69.6 cm³/mol. The topological polar surface area (TPSA) is 46.2 Å². The minimum absolute atomic E-state index is 0.0626. The van der Waals surface area contributed by atoms with Crippen molar-refractivity contribution in [1.29, 1.82) is 0 Å². The van der Waals surface area contributed by atoms with Crippen LogP contribution in [0.5, 0.6) is 0 Å². The second-order valence-electron chi connectivity index (χ2n) is 4.29. The van der Waals surface area contributed by atoms with E-state index in [0.717, 1.165) is 14.5 Å². The SMILES string of the molecule is CC(C)(CO)[C@H](N)c1cc(Br)ccc1Br. The van der Waals surface area contributed by atoms with Crippen molar-refractivity contribution in [3.8, 4) is 0 Å². The van der Waals surface area contributed by atoms with Crippen molar-refractivity contribution in [2.45, 2.75) is 19.9 Å². The van der Waals surface area contributed by atoms with Gasteiger partial charge in [-0.15, -0.1) is 0 Å². The van der Waals surface area contributed by atoms with E-state index in [1.165, 1.54) is 0 Å². The molecule has 0 aliphatic rings. The van der Waals surface area contributed by atoms with Crippen LogP contribution in [0.1, 0.15) is 25.5 Å². The van der Waals surface area contributed by atoms with E-state index in [9.17, 15) is 5.11 Å². The fourth-order valence-corrected chi connectivity index (χ4v) is 2.14. The summed E-state index contributed by atoms with van der Waals surface area (Å²) in [6.07, 6.45) is 0. The Labute approximate surface area is 107 Å². The van der Waals surface area contributed by atoms with Crippen LogP contribution >= 0.6 is 31.9 Å². The number of aliphatic hydroxyl groups is 1. The molecule has 0 aliphatic heterocycles. The molecule has 0 amide bonds. The summed E-state index contributed by atoms with van der Waals surface area (Å²) in [7, 11) is 0. The molecule has 0 spiro atoms. The molecule has 0 saturated heterocycles. The number of hydrogen-bond acceptors (Lipinski definition) is 2. The summed E-state index contributed by atoms with van der Waals surface area (Å²) in [6, 6.07) is 5.68. The van der Waals surface area contributed by atoms with Crippen LogP contribution in [0.15, 0.2) is 27.1 Å². The molecule has 0 aromatic heterocycles. The van der Waals surface area contributed by atoms with Gasteiger partial charge in [-0.3, -0.25) is 0 Å². The number of aliphatic hydroxyl groups excluding tert-OH is 1. The van der Waals surface area contributed by atoms with Gasteiger partial charge in [0.25, 0.3) is 0 Å². The third-order valence-corrected chi connectivity index (χ3v) is 3.76. The second kappa shape index (κ2) is 4.95. The van der Waals surface area contributed by atoms with Crippen LogP contribution < -0.4 is 5.73 Å². The molecule has 0 bridgehead atoms. The first kappa shape index (κ1) is 13.2. The van der Waals surface area contributed by atoms with Gasteiger partial charge in [-0.25, -0.2) is 0 Å². The molecule has 1 rings (SSSR count). The Morgan fingerprint density at radius 2 is 2.00 bits per heavy atom. The van der Waals surface area contributed by atoms with Gasteiger partial charge in [-0.05, 0) is 23.8 Å². The van der Waals surface area contributed by atoms with Crippen molar-refractivity contribution in [3.63, 3.8) is 0 Å². The van der Waals surface area contributed by atoms with E-state index in [1.807, 2.05) is 32.0 Å². The van der Waals surface area contributed by atoms with Crippen LogP contribution in [0.3, 0.4) is 0 Å². The Morgan fingerprint density at radius 3 is 2.53 bits per heavy atom. The summed E-state index contributed by atoms with van der Waals surface area (Å²) in [6.45, 7) is 3.96. The largest absolute Gasteiger partial charge is 0.396 e. The van der Waals surface area contributed by atoms with Crippen molar-refractivity contribution in [2.75, 3.05) is 6.61 Å². The molecule has 4 heteroatoms. The van der Waals surface area contributed by atoms with Crippen LogP contribution in [0, 0.1) is 5.41 Å². The molecule has 0 radical (unpaired) electrons. The molecule has 0 fully saturated rings. The van der Waals surface area contributed by atoms with E-state index < -0.39 is 0 Å². The molecule has 1 aromatic rings. The van der Waals surface area contributed by atoms with Gasteiger partial charge in [-0.1, -0.05) is 45.7 Å². The van der Waals surface area contributed by atoms with E-state index in [-0.39, 0.29) is 18.1 Å². The first-order valence-electron chi connectivity index (χ1n) is 4.70. The van der Waals surface area contributed by atoms with Crippen molar-refractivity contribution in [3.05, 3.63) is 32.7 Å². The molecule has 0 unspecified atom stereocenters. The quantitative estimate of drug-likeness (QED) is 0.890. The minimum atomic E-state index is -0.330. The number of nitrogens with two attached hydrogens (primary N) is 1. The zero-order valence-electron chi connectivity index (χ0n) is 8.80. The molecule has 1 atom stereocenters. The average Bonchev–Trinajstić information content (AvgIpc) is 2.20. The highest BCUT2D eigenvalue weighted by Crippen LogP contribution is 2.35. The van der Waals surface area contributed by atoms with Gasteiger partial charge >= 0.3 is 0 Å². The number of hydrogen-bond donors (Lipinski definition) is 2. The van der Waals surface area contributed by atoms with Crippen molar-refractivity contribution in [2.24, 2.45) is 11.1 Å². The van der Waals surface area contributed by atoms with E-state index >= 15 is 0 Å². The molecule has 15 heavy (non-hydrogen) atoms.